The van der Waals surface area contributed by atoms with Crippen LogP contribution in [-0.2, 0) is 0 Å². The molecule has 0 aliphatic carbocycles. The number of hydrogen-bond donors (Lipinski definition) is 7. The molecule has 14 nitrogen and oxygen atoms in total. The zero-order valence-corrected chi connectivity index (χ0v) is 25.2. The SMILES string of the molecule is COc1ccc(O)c(C(=O)Nc2ccc(Nc3nc(N4CCCCC4)nc(N4CCCCC4)n3)cc2)c1.Cl.N.N.N.N.[HH].[HH].[HH].[HH]. The van der Waals surface area contributed by atoms with E-state index in [1.165, 1.54) is 32.1 Å². The van der Waals surface area contributed by atoms with Crippen molar-refractivity contribution in [1.82, 2.24) is 39.6 Å². The summed E-state index contributed by atoms with van der Waals surface area (Å²) < 4.78 is 5.15. The minimum atomic E-state index is -0.424. The van der Waals surface area contributed by atoms with Crippen LogP contribution < -0.4 is 49.8 Å². The molecular weight excluding hydrogens is 562 g/mol. The number of piperidine rings is 2. The number of carbonyl (C=O) groups excluding carboxylic acids is 1. The highest BCUT2D eigenvalue weighted by molar-refractivity contribution is 6.06. The molecule has 3 aromatic rings. The lowest BCUT2D eigenvalue weighted by molar-refractivity contribution is 0.102. The second-order valence-corrected chi connectivity index (χ2v) is 9.39. The van der Waals surface area contributed by atoms with Crippen molar-refractivity contribution >= 4 is 47.5 Å². The molecule has 15 heteroatoms. The number of halogens is 1. The van der Waals surface area contributed by atoms with E-state index < -0.39 is 5.91 Å². The van der Waals surface area contributed by atoms with Crippen LogP contribution in [-0.4, -0.2) is 59.3 Å². The lowest BCUT2D eigenvalue weighted by Crippen LogP contribution is -2.34. The van der Waals surface area contributed by atoms with Gasteiger partial charge in [0, 0.05) is 43.3 Å². The van der Waals surface area contributed by atoms with Gasteiger partial charge in [0.2, 0.25) is 17.8 Å². The molecule has 0 saturated carbocycles. The van der Waals surface area contributed by atoms with Gasteiger partial charge in [-0.15, -0.1) is 12.4 Å². The fourth-order valence-electron chi connectivity index (χ4n) is 4.67. The van der Waals surface area contributed by atoms with Crippen molar-refractivity contribution < 1.29 is 20.3 Å². The van der Waals surface area contributed by atoms with Crippen molar-refractivity contribution in [3.63, 3.8) is 0 Å². The first-order chi connectivity index (χ1) is 18.1. The van der Waals surface area contributed by atoms with E-state index in [-0.39, 0.29) is 54.0 Å². The largest absolute Gasteiger partial charge is 0.507 e. The van der Waals surface area contributed by atoms with Crippen molar-refractivity contribution in [2.75, 3.05) is 53.7 Å². The maximum atomic E-state index is 12.7. The smallest absolute Gasteiger partial charge is 0.259 e. The van der Waals surface area contributed by atoms with Crippen LogP contribution in [0.15, 0.2) is 42.5 Å². The summed E-state index contributed by atoms with van der Waals surface area (Å²) in [5.41, 5.74) is 1.53. The molecular formula is C27H54ClN11O3. The number of methoxy groups -OCH3 is 1. The van der Waals surface area contributed by atoms with Crippen molar-refractivity contribution in [3.8, 4) is 11.5 Å². The van der Waals surface area contributed by atoms with Gasteiger partial charge < -0.3 is 54.9 Å². The van der Waals surface area contributed by atoms with Crippen LogP contribution in [0.25, 0.3) is 0 Å². The molecule has 1 aromatic heterocycles. The number of nitrogens with zero attached hydrogens (tertiary/aromatic N) is 5. The molecule has 2 aliphatic rings. The van der Waals surface area contributed by atoms with Crippen LogP contribution in [0.4, 0.5) is 29.2 Å². The van der Waals surface area contributed by atoms with Crippen LogP contribution in [0.5, 0.6) is 11.5 Å². The number of phenols is 1. The Morgan fingerprint density at radius 1 is 0.786 bits per heavy atom. The zero-order valence-electron chi connectivity index (χ0n) is 24.3. The number of rotatable bonds is 7. The molecule has 3 heterocycles. The Hall–Kier alpha value is -3.95. The number of hydrogen-bond acceptors (Lipinski definition) is 13. The fraction of sp³-hybridized carbons (Fsp3) is 0.407. The van der Waals surface area contributed by atoms with Crippen molar-refractivity contribution in [3.05, 3.63) is 48.0 Å². The molecule has 0 bridgehead atoms. The molecule has 0 unspecified atom stereocenters. The lowest BCUT2D eigenvalue weighted by Gasteiger charge is -2.30. The third-order valence-corrected chi connectivity index (χ3v) is 6.74. The third-order valence-electron chi connectivity index (χ3n) is 6.74. The van der Waals surface area contributed by atoms with Gasteiger partial charge in [-0.3, -0.25) is 4.79 Å². The fourth-order valence-corrected chi connectivity index (χ4v) is 4.67. The lowest BCUT2D eigenvalue weighted by atomic mass is 10.1. The van der Waals surface area contributed by atoms with Crippen LogP contribution in [0.1, 0.15) is 54.6 Å². The monoisotopic (exact) mass is 615 g/mol. The number of phenolic OH excluding ortho intramolecular Hbond substituents is 1. The Morgan fingerprint density at radius 2 is 1.29 bits per heavy atom. The molecule has 0 spiro atoms. The second kappa shape index (κ2) is 17.8. The minimum Gasteiger partial charge on any atom is -0.507 e. The molecule has 2 aliphatic heterocycles. The summed E-state index contributed by atoms with van der Waals surface area (Å²) in [5.74, 6) is 1.91. The first-order valence-electron chi connectivity index (χ1n) is 12.9. The molecule has 15 N–H and O–H groups in total. The Morgan fingerprint density at radius 3 is 1.79 bits per heavy atom. The number of amides is 1. The highest BCUT2D eigenvalue weighted by Crippen LogP contribution is 2.26. The molecule has 0 atom stereocenters. The van der Waals surface area contributed by atoms with Crippen molar-refractivity contribution in [2.45, 2.75) is 38.5 Å². The Bertz CT molecular complexity index is 1220. The topological polar surface area (TPSA) is 256 Å². The Balaban J connectivity index is -0.000000623. The van der Waals surface area contributed by atoms with Gasteiger partial charge in [0.25, 0.3) is 5.91 Å². The van der Waals surface area contributed by atoms with Gasteiger partial charge in [0.15, 0.2) is 0 Å². The van der Waals surface area contributed by atoms with E-state index in [0.29, 0.717) is 17.4 Å². The van der Waals surface area contributed by atoms with Gasteiger partial charge in [-0.1, -0.05) is 0 Å². The summed E-state index contributed by atoms with van der Waals surface area (Å²) in [7, 11) is 1.51. The molecule has 42 heavy (non-hydrogen) atoms. The number of aromatic hydroxyl groups is 1. The normalized spacial score (nSPS) is 13.9. The molecule has 1 amide bonds. The van der Waals surface area contributed by atoms with E-state index in [9.17, 15) is 9.90 Å². The molecule has 2 aromatic carbocycles. The van der Waals surface area contributed by atoms with Crippen molar-refractivity contribution in [1.29, 1.82) is 0 Å². The number of aromatic nitrogens is 3. The van der Waals surface area contributed by atoms with Crippen LogP contribution >= 0.6 is 12.4 Å². The summed E-state index contributed by atoms with van der Waals surface area (Å²) in [6.45, 7) is 3.83. The minimum absolute atomic E-state index is 0. The number of nitrogens with one attached hydrogen (secondary N) is 2. The number of ether oxygens (including phenoxy) is 1. The van der Waals surface area contributed by atoms with E-state index in [2.05, 4.69) is 20.4 Å². The highest BCUT2D eigenvalue weighted by Gasteiger charge is 2.20. The number of carbonyl (C=O) groups is 1. The standard InChI is InChI=1S/C27H33N7O3.ClH.4H3N.4H2/c1-37-21-12-13-23(35)22(18-21)24(36)28-19-8-10-20(11-9-19)29-25-30-26(33-14-4-2-5-15-33)32-27(31-25)34-16-6-3-7-17-34;;;;;;;;;/h8-13,18,35H,2-7,14-17H2,1H3,(H,28,36)(H,29,30,31,32);1H;4*1H3;4*1H. The van der Waals surface area contributed by atoms with E-state index in [4.69, 9.17) is 19.7 Å². The van der Waals surface area contributed by atoms with E-state index in [1.54, 1.807) is 18.2 Å². The number of anilines is 5. The van der Waals surface area contributed by atoms with Crippen LogP contribution in [0.3, 0.4) is 0 Å². The predicted molar refractivity (Wildman–Crippen MR) is 180 cm³/mol. The van der Waals surface area contributed by atoms with E-state index in [0.717, 1.165) is 69.4 Å². The van der Waals surface area contributed by atoms with E-state index >= 15 is 0 Å². The van der Waals surface area contributed by atoms with Gasteiger partial charge in [0.1, 0.15) is 11.5 Å². The summed E-state index contributed by atoms with van der Waals surface area (Å²) in [4.78, 5) is 31.5. The Labute approximate surface area is 259 Å². The molecule has 2 fully saturated rings. The maximum absolute atomic E-state index is 12.7. The average Bonchev–Trinajstić information content (AvgIpc) is 2.95. The van der Waals surface area contributed by atoms with Gasteiger partial charge in [-0.25, -0.2) is 0 Å². The first kappa shape index (κ1) is 38.0. The molecule has 0 radical (unpaired) electrons. The predicted octanol–water partition coefficient (Wildman–Crippen LogP) is 6.62. The maximum Gasteiger partial charge on any atom is 0.259 e. The van der Waals surface area contributed by atoms with Crippen LogP contribution in [0, 0.1) is 0 Å². The Kier molecular flexibility index (Phi) is 16.1. The summed E-state index contributed by atoms with van der Waals surface area (Å²) >= 11 is 0. The third kappa shape index (κ3) is 9.29. The van der Waals surface area contributed by atoms with Gasteiger partial charge in [-0.2, -0.15) is 15.0 Å². The quantitative estimate of drug-likeness (QED) is 0.147. The average molecular weight is 616 g/mol. The van der Waals surface area contributed by atoms with Crippen LogP contribution in [0.2, 0.25) is 0 Å². The van der Waals surface area contributed by atoms with Crippen molar-refractivity contribution in [2.24, 2.45) is 0 Å². The molecule has 5 rings (SSSR count). The highest BCUT2D eigenvalue weighted by atomic mass is 35.5. The van der Waals surface area contributed by atoms with Gasteiger partial charge in [0.05, 0.1) is 12.7 Å². The van der Waals surface area contributed by atoms with Gasteiger partial charge >= 0.3 is 0 Å². The second-order valence-electron chi connectivity index (χ2n) is 9.39. The van der Waals surface area contributed by atoms with E-state index in [1.807, 2.05) is 12.1 Å². The first-order valence-corrected chi connectivity index (χ1v) is 12.9. The summed E-state index contributed by atoms with van der Waals surface area (Å²) in [5, 5.41) is 16.2. The summed E-state index contributed by atoms with van der Waals surface area (Å²) in [6, 6.07) is 11.8. The molecule has 242 valence electrons. The summed E-state index contributed by atoms with van der Waals surface area (Å²) in [6.07, 6.45) is 7.07. The molecule has 2 saturated heterocycles. The van der Waals surface area contributed by atoms with Gasteiger partial charge in [-0.05, 0) is 81.0 Å². The zero-order chi connectivity index (χ0) is 25.6. The number of benzene rings is 2.